The first kappa shape index (κ1) is 11.1. The quantitative estimate of drug-likeness (QED) is 0.709. The first-order valence-corrected chi connectivity index (χ1v) is 4.25. The van der Waals surface area contributed by atoms with Crippen molar-refractivity contribution in [1.82, 2.24) is 4.98 Å². The van der Waals surface area contributed by atoms with Gasteiger partial charge in [0.1, 0.15) is 11.6 Å². The molecule has 0 radical (unpaired) electrons. The van der Waals surface area contributed by atoms with Crippen LogP contribution in [0.3, 0.4) is 0 Å². The van der Waals surface area contributed by atoms with E-state index >= 15 is 0 Å². The second-order valence-corrected chi connectivity index (χ2v) is 2.87. The summed E-state index contributed by atoms with van der Waals surface area (Å²) in [6.07, 6.45) is 6.15. The van der Waals surface area contributed by atoms with Crippen molar-refractivity contribution in [3.05, 3.63) is 24.1 Å². The number of nitrogens with zero attached hydrogens (tertiary/aromatic N) is 1. The van der Waals surface area contributed by atoms with Crippen molar-refractivity contribution >= 4 is 11.7 Å². The zero-order chi connectivity index (χ0) is 11.3. The van der Waals surface area contributed by atoms with E-state index in [1.54, 1.807) is 0 Å². The van der Waals surface area contributed by atoms with E-state index in [4.69, 9.17) is 12.2 Å². The van der Waals surface area contributed by atoms with Gasteiger partial charge in [-0.15, -0.1) is 12.3 Å². The van der Waals surface area contributed by atoms with Crippen LogP contribution in [0.25, 0.3) is 0 Å². The third kappa shape index (κ3) is 3.37. The summed E-state index contributed by atoms with van der Waals surface area (Å²) in [5.74, 6) is 1.61. The Bertz CT molecular complexity index is 383. The Morgan fingerprint density at radius 2 is 2.47 bits per heavy atom. The normalized spacial score (nSPS) is 11.5. The van der Waals surface area contributed by atoms with Gasteiger partial charge in [0.15, 0.2) is 0 Å². The summed E-state index contributed by atoms with van der Waals surface area (Å²) < 4.78 is 12.5. The van der Waals surface area contributed by atoms with E-state index < -0.39 is 17.8 Å². The fourth-order valence-electron chi connectivity index (χ4n) is 0.888. The van der Waals surface area contributed by atoms with Crippen LogP contribution in [0.15, 0.2) is 18.3 Å². The van der Waals surface area contributed by atoms with E-state index in [1.807, 2.05) is 0 Å². The lowest BCUT2D eigenvalue weighted by Crippen LogP contribution is -2.35. The number of hydrogen-bond acceptors (Lipinski definition) is 3. The van der Waals surface area contributed by atoms with Crippen LogP contribution >= 0.6 is 0 Å². The van der Waals surface area contributed by atoms with Gasteiger partial charge in [0.2, 0.25) is 5.91 Å². The number of anilines is 1. The maximum Gasteiger partial charge on any atom is 0.243 e. The number of halogens is 1. The molecule has 15 heavy (non-hydrogen) atoms. The third-order valence-corrected chi connectivity index (χ3v) is 1.65. The van der Waals surface area contributed by atoms with E-state index in [1.165, 1.54) is 12.1 Å². The Morgan fingerprint density at radius 3 is 3.00 bits per heavy atom. The molecule has 4 nitrogen and oxygen atoms in total. The van der Waals surface area contributed by atoms with Crippen molar-refractivity contribution in [3.63, 3.8) is 0 Å². The van der Waals surface area contributed by atoms with Gasteiger partial charge >= 0.3 is 0 Å². The number of aromatic nitrogens is 1. The minimum atomic E-state index is -0.776. The highest BCUT2D eigenvalue weighted by Crippen LogP contribution is 2.04. The summed E-state index contributed by atoms with van der Waals surface area (Å²) in [7, 11) is 0. The molecule has 1 rings (SSSR count). The average Bonchev–Trinajstić information content (AvgIpc) is 2.22. The molecule has 1 aromatic heterocycles. The molecule has 0 spiro atoms. The number of nitrogens with one attached hydrogen (secondary N) is 1. The van der Waals surface area contributed by atoms with Crippen LogP contribution in [0, 0.1) is 18.2 Å². The molecule has 0 aliphatic rings. The first-order valence-electron chi connectivity index (χ1n) is 4.25. The van der Waals surface area contributed by atoms with Crippen LogP contribution in [0.4, 0.5) is 10.2 Å². The summed E-state index contributed by atoms with van der Waals surface area (Å²) in [5.41, 5.74) is 5.45. The van der Waals surface area contributed by atoms with Crippen LogP contribution in [0.2, 0.25) is 0 Å². The predicted molar refractivity (Wildman–Crippen MR) is 54.3 cm³/mol. The highest BCUT2D eigenvalue weighted by molar-refractivity contribution is 5.93. The van der Waals surface area contributed by atoms with Crippen LogP contribution in [-0.4, -0.2) is 16.9 Å². The minimum Gasteiger partial charge on any atom is -0.319 e. The van der Waals surface area contributed by atoms with Crippen molar-refractivity contribution in [2.45, 2.75) is 12.5 Å². The number of hydrogen-bond donors (Lipinski definition) is 2. The molecule has 0 saturated carbocycles. The highest BCUT2D eigenvalue weighted by Gasteiger charge is 2.12. The molecule has 0 fully saturated rings. The van der Waals surface area contributed by atoms with Crippen molar-refractivity contribution in [3.8, 4) is 12.3 Å². The topological polar surface area (TPSA) is 68.0 Å². The summed E-state index contributed by atoms with van der Waals surface area (Å²) in [4.78, 5) is 15.0. The van der Waals surface area contributed by atoms with Crippen LogP contribution in [0.5, 0.6) is 0 Å². The highest BCUT2D eigenvalue weighted by atomic mass is 19.1. The molecule has 1 atom stereocenters. The molecule has 1 unspecified atom stereocenters. The van der Waals surface area contributed by atoms with E-state index in [2.05, 4.69) is 16.2 Å². The lowest BCUT2D eigenvalue weighted by Gasteiger charge is -2.08. The zero-order valence-corrected chi connectivity index (χ0v) is 7.90. The molecule has 1 amide bonds. The molecule has 0 bridgehead atoms. The maximum atomic E-state index is 12.5. The Morgan fingerprint density at radius 1 is 1.73 bits per heavy atom. The number of terminal acetylenes is 1. The summed E-state index contributed by atoms with van der Waals surface area (Å²) in [6.45, 7) is 0. The van der Waals surface area contributed by atoms with E-state index in [0.717, 1.165) is 6.20 Å². The molecule has 0 aliphatic carbocycles. The second-order valence-electron chi connectivity index (χ2n) is 2.87. The van der Waals surface area contributed by atoms with Gasteiger partial charge in [-0.05, 0) is 12.1 Å². The Kier molecular flexibility index (Phi) is 3.77. The second kappa shape index (κ2) is 5.08. The van der Waals surface area contributed by atoms with Gasteiger partial charge in [0, 0.05) is 6.42 Å². The van der Waals surface area contributed by atoms with Gasteiger partial charge in [-0.2, -0.15) is 0 Å². The van der Waals surface area contributed by atoms with Gasteiger partial charge in [-0.3, -0.25) is 4.79 Å². The van der Waals surface area contributed by atoms with Gasteiger partial charge < -0.3 is 11.1 Å². The van der Waals surface area contributed by atoms with Crippen molar-refractivity contribution in [2.75, 3.05) is 5.32 Å². The molecule has 0 aromatic carbocycles. The Hall–Kier alpha value is -1.93. The number of carbonyl (C=O) groups excluding carboxylic acids is 1. The zero-order valence-electron chi connectivity index (χ0n) is 7.90. The molecular formula is C10H10FN3O. The number of rotatable bonds is 3. The third-order valence-electron chi connectivity index (χ3n) is 1.65. The lowest BCUT2D eigenvalue weighted by molar-refractivity contribution is -0.117. The number of nitrogens with two attached hydrogens (primary N) is 1. The van der Waals surface area contributed by atoms with Gasteiger partial charge in [0.05, 0.1) is 12.2 Å². The molecule has 0 saturated heterocycles. The Balaban J connectivity index is 2.59. The van der Waals surface area contributed by atoms with Crippen molar-refractivity contribution in [1.29, 1.82) is 0 Å². The van der Waals surface area contributed by atoms with Gasteiger partial charge in [0.25, 0.3) is 0 Å². The smallest absolute Gasteiger partial charge is 0.243 e. The van der Waals surface area contributed by atoms with Crippen LogP contribution < -0.4 is 11.1 Å². The molecule has 1 aromatic rings. The van der Waals surface area contributed by atoms with Crippen LogP contribution in [-0.2, 0) is 4.79 Å². The molecule has 0 aliphatic heterocycles. The Labute approximate surface area is 86.7 Å². The molecular weight excluding hydrogens is 197 g/mol. The number of carbonyl (C=O) groups is 1. The first-order chi connectivity index (χ1) is 7.13. The standard InChI is InChI=1S/C10H10FN3O/c1-2-3-8(12)10(15)14-9-5-4-7(11)6-13-9/h1,4-6,8H,3,12H2,(H,13,14,15). The van der Waals surface area contributed by atoms with E-state index in [0.29, 0.717) is 0 Å². The minimum absolute atomic E-state index is 0.146. The van der Waals surface area contributed by atoms with Gasteiger partial charge in [-0.1, -0.05) is 0 Å². The van der Waals surface area contributed by atoms with E-state index in [-0.39, 0.29) is 12.2 Å². The van der Waals surface area contributed by atoms with Crippen molar-refractivity contribution < 1.29 is 9.18 Å². The average molecular weight is 207 g/mol. The molecule has 1 heterocycles. The van der Waals surface area contributed by atoms with Gasteiger partial charge in [-0.25, -0.2) is 9.37 Å². The number of pyridine rings is 1. The fraction of sp³-hybridized carbons (Fsp3) is 0.200. The molecule has 3 N–H and O–H groups in total. The fourth-order valence-corrected chi connectivity index (χ4v) is 0.888. The predicted octanol–water partition coefficient (Wildman–Crippen LogP) is 0.510. The monoisotopic (exact) mass is 207 g/mol. The SMILES string of the molecule is C#CCC(N)C(=O)Nc1ccc(F)cn1. The lowest BCUT2D eigenvalue weighted by atomic mass is 10.2. The largest absolute Gasteiger partial charge is 0.319 e. The van der Waals surface area contributed by atoms with E-state index in [9.17, 15) is 9.18 Å². The maximum absolute atomic E-state index is 12.5. The summed E-state index contributed by atoms with van der Waals surface area (Å²) in [5, 5.41) is 2.42. The summed E-state index contributed by atoms with van der Waals surface area (Å²) >= 11 is 0. The van der Waals surface area contributed by atoms with Crippen molar-refractivity contribution in [2.24, 2.45) is 5.73 Å². The van der Waals surface area contributed by atoms with Crippen LogP contribution in [0.1, 0.15) is 6.42 Å². The molecule has 5 heteroatoms. The number of amides is 1. The summed E-state index contributed by atoms with van der Waals surface area (Å²) in [6, 6.07) is 1.76. The molecule has 78 valence electrons.